The minimum Gasteiger partial charge on any atom is -0.480 e. The lowest BCUT2D eigenvalue weighted by atomic mass is 9.86. The molecule has 1 aliphatic heterocycles. The average Bonchev–Trinajstić information content (AvgIpc) is 3.28. The molecule has 0 atom stereocenters. The monoisotopic (exact) mass is 580 g/mol. The van der Waals surface area contributed by atoms with Crippen LogP contribution in [0.25, 0.3) is 10.4 Å². The maximum absolute atomic E-state index is 13.4. The summed E-state index contributed by atoms with van der Waals surface area (Å²) in [4.78, 5) is 34.0. The number of nitrogens with zero attached hydrogens (tertiary/aromatic N) is 2. The molecule has 1 saturated carbocycles. The fourth-order valence-corrected chi connectivity index (χ4v) is 7.41. The third-order valence-electron chi connectivity index (χ3n) is 7.09. The summed E-state index contributed by atoms with van der Waals surface area (Å²) < 4.78 is 45.3. The molecule has 2 N–H and O–H groups in total. The van der Waals surface area contributed by atoms with Crippen molar-refractivity contribution in [3.8, 4) is 16.3 Å². The summed E-state index contributed by atoms with van der Waals surface area (Å²) in [6.45, 7) is 5.26. The maximum Gasteiger partial charge on any atom is 0.308 e. The molecule has 0 aromatic carbocycles. The first-order chi connectivity index (χ1) is 18.7. The van der Waals surface area contributed by atoms with Crippen LogP contribution in [-0.4, -0.2) is 63.2 Å². The molecule has 1 amide bonds. The van der Waals surface area contributed by atoms with Crippen LogP contribution >= 0.6 is 11.3 Å². The largest absolute Gasteiger partial charge is 0.480 e. The summed E-state index contributed by atoms with van der Waals surface area (Å²) in [5.41, 5.74) is 1.21. The van der Waals surface area contributed by atoms with Crippen molar-refractivity contribution in [1.82, 2.24) is 14.7 Å². The molecule has 2 fully saturated rings. The van der Waals surface area contributed by atoms with Gasteiger partial charge in [0.2, 0.25) is 21.8 Å². The van der Waals surface area contributed by atoms with Crippen LogP contribution in [0.1, 0.15) is 57.6 Å². The second-order valence-corrected chi connectivity index (χ2v) is 12.6. The number of carbonyl (C=O) groups excluding carboxylic acids is 2. The number of anilines is 1. The van der Waals surface area contributed by atoms with Crippen LogP contribution in [0.15, 0.2) is 17.2 Å². The van der Waals surface area contributed by atoms with Gasteiger partial charge in [0.25, 0.3) is 0 Å². The van der Waals surface area contributed by atoms with Gasteiger partial charge in [0.15, 0.2) is 5.13 Å². The molecule has 2 aromatic rings. The van der Waals surface area contributed by atoms with Crippen molar-refractivity contribution in [1.29, 1.82) is 0 Å². The average molecular weight is 581 g/mol. The van der Waals surface area contributed by atoms with E-state index < -0.39 is 10.0 Å². The van der Waals surface area contributed by atoms with Crippen molar-refractivity contribution in [3.63, 3.8) is 0 Å². The molecule has 1 saturated heterocycles. The van der Waals surface area contributed by atoms with Gasteiger partial charge in [-0.3, -0.25) is 9.59 Å². The highest BCUT2D eigenvalue weighted by atomic mass is 32.2. The van der Waals surface area contributed by atoms with Crippen LogP contribution in [0, 0.1) is 18.8 Å². The SMILES string of the molecule is CCOC(=O)[C@H]1CC[C@H](NS(=O)(=O)c2cc(-c3sc(NC(=O)CC4CCOCC4)nc3C)cnc2OC)CC1. The van der Waals surface area contributed by atoms with Crippen molar-refractivity contribution < 1.29 is 32.2 Å². The number of hydrogen-bond donors (Lipinski definition) is 2. The highest BCUT2D eigenvalue weighted by Gasteiger charge is 2.31. The van der Waals surface area contributed by atoms with E-state index in [4.69, 9.17) is 14.2 Å². The summed E-state index contributed by atoms with van der Waals surface area (Å²) in [6.07, 6.45) is 5.87. The number of sulfonamides is 1. The van der Waals surface area contributed by atoms with Crippen molar-refractivity contribution in [2.75, 3.05) is 32.2 Å². The van der Waals surface area contributed by atoms with Gasteiger partial charge in [-0.2, -0.15) is 0 Å². The van der Waals surface area contributed by atoms with Gasteiger partial charge in [-0.25, -0.2) is 23.1 Å². The highest BCUT2D eigenvalue weighted by molar-refractivity contribution is 7.89. The van der Waals surface area contributed by atoms with Crippen molar-refractivity contribution in [3.05, 3.63) is 18.0 Å². The molecule has 4 rings (SSSR count). The molecule has 1 aliphatic carbocycles. The van der Waals surface area contributed by atoms with Crippen LogP contribution in [0.4, 0.5) is 5.13 Å². The van der Waals surface area contributed by atoms with Gasteiger partial charge in [0, 0.05) is 37.4 Å². The Kier molecular flexibility index (Phi) is 9.91. The van der Waals surface area contributed by atoms with E-state index in [1.807, 2.05) is 0 Å². The zero-order valence-corrected chi connectivity index (χ0v) is 24.2. The quantitative estimate of drug-likeness (QED) is 0.402. The fraction of sp³-hybridized carbons (Fsp3) is 0.615. The first-order valence-electron chi connectivity index (χ1n) is 13.3. The van der Waals surface area contributed by atoms with Gasteiger partial charge in [0.1, 0.15) is 4.90 Å². The molecule has 0 bridgehead atoms. The molecule has 214 valence electrons. The number of hydrogen-bond acceptors (Lipinski definition) is 10. The van der Waals surface area contributed by atoms with Gasteiger partial charge in [-0.05, 0) is 64.4 Å². The van der Waals surface area contributed by atoms with E-state index in [2.05, 4.69) is 20.0 Å². The summed E-state index contributed by atoms with van der Waals surface area (Å²) in [5, 5.41) is 3.34. The predicted octanol–water partition coefficient (Wildman–Crippen LogP) is 3.68. The Morgan fingerprint density at radius 2 is 1.87 bits per heavy atom. The molecule has 39 heavy (non-hydrogen) atoms. The van der Waals surface area contributed by atoms with Crippen LogP contribution in [-0.2, 0) is 29.1 Å². The maximum atomic E-state index is 13.4. The van der Waals surface area contributed by atoms with Crippen molar-refractivity contribution in [2.45, 2.75) is 69.7 Å². The molecular formula is C26H36N4O7S2. The predicted molar refractivity (Wildman–Crippen MR) is 146 cm³/mol. The molecule has 0 spiro atoms. The number of amides is 1. The fourth-order valence-electron chi connectivity index (χ4n) is 4.99. The lowest BCUT2D eigenvalue weighted by Crippen LogP contribution is -2.39. The molecule has 13 heteroatoms. The molecule has 3 heterocycles. The van der Waals surface area contributed by atoms with E-state index in [1.54, 1.807) is 13.8 Å². The minimum atomic E-state index is -3.97. The van der Waals surface area contributed by atoms with Gasteiger partial charge < -0.3 is 19.5 Å². The number of methoxy groups -OCH3 is 1. The molecule has 2 aromatic heterocycles. The standard InChI is InChI=1S/C26H36N4O7S2/c1-4-37-25(32)18-5-7-20(8-6-18)30-39(33,34)21-14-19(15-27-24(21)35-3)23-16(2)28-26(38-23)29-22(31)13-17-9-11-36-12-10-17/h14-15,17-18,20,30H,4-13H2,1-3H3,(H,28,29,31)/t18-,20-. The number of pyridine rings is 1. The number of carbonyl (C=O) groups is 2. The van der Waals surface area contributed by atoms with Gasteiger partial charge in [0.05, 0.1) is 30.2 Å². The lowest BCUT2D eigenvalue weighted by molar-refractivity contribution is -0.149. The van der Waals surface area contributed by atoms with E-state index in [1.165, 1.54) is 30.7 Å². The molecule has 0 radical (unpaired) electrons. The Morgan fingerprint density at radius 3 is 2.54 bits per heavy atom. The Balaban J connectivity index is 1.46. The summed E-state index contributed by atoms with van der Waals surface area (Å²) in [7, 11) is -2.60. The smallest absolute Gasteiger partial charge is 0.308 e. The van der Waals surface area contributed by atoms with Crippen LogP contribution in [0.5, 0.6) is 5.88 Å². The summed E-state index contributed by atoms with van der Waals surface area (Å²) in [6, 6.07) is 1.21. The van der Waals surface area contributed by atoms with E-state index in [-0.39, 0.29) is 34.6 Å². The summed E-state index contributed by atoms with van der Waals surface area (Å²) >= 11 is 1.27. The van der Waals surface area contributed by atoms with E-state index in [0.29, 0.717) is 79.1 Å². The van der Waals surface area contributed by atoms with Gasteiger partial charge in [-0.15, -0.1) is 0 Å². The minimum absolute atomic E-state index is 0.0152. The highest BCUT2D eigenvalue weighted by Crippen LogP contribution is 2.36. The number of esters is 1. The number of rotatable bonds is 10. The molecule has 0 unspecified atom stereocenters. The third-order valence-corrected chi connectivity index (χ3v) is 9.73. The summed E-state index contributed by atoms with van der Waals surface area (Å²) in [5.74, 6) is -0.244. The number of nitrogens with one attached hydrogen (secondary N) is 2. The second-order valence-electron chi connectivity index (χ2n) is 9.89. The van der Waals surface area contributed by atoms with E-state index >= 15 is 0 Å². The Morgan fingerprint density at radius 1 is 1.15 bits per heavy atom. The number of ether oxygens (including phenoxy) is 3. The Bertz CT molecular complexity index is 1270. The van der Waals surface area contributed by atoms with Crippen molar-refractivity contribution >= 4 is 38.4 Å². The zero-order chi connectivity index (χ0) is 28.0. The van der Waals surface area contributed by atoms with Crippen LogP contribution < -0.4 is 14.8 Å². The Hall–Kier alpha value is -2.61. The van der Waals surface area contributed by atoms with Crippen LogP contribution in [0.2, 0.25) is 0 Å². The van der Waals surface area contributed by atoms with E-state index in [9.17, 15) is 18.0 Å². The second kappa shape index (κ2) is 13.2. The first-order valence-corrected chi connectivity index (χ1v) is 15.6. The first kappa shape index (κ1) is 29.4. The molecule has 2 aliphatic rings. The van der Waals surface area contributed by atoms with Gasteiger partial charge >= 0.3 is 5.97 Å². The Labute approximate surface area is 233 Å². The lowest BCUT2D eigenvalue weighted by Gasteiger charge is -2.27. The number of thiazole rings is 1. The van der Waals surface area contributed by atoms with Crippen molar-refractivity contribution in [2.24, 2.45) is 11.8 Å². The third kappa shape index (κ3) is 7.53. The molecular weight excluding hydrogens is 544 g/mol. The van der Waals surface area contributed by atoms with Crippen LogP contribution in [0.3, 0.4) is 0 Å². The van der Waals surface area contributed by atoms with E-state index in [0.717, 1.165) is 12.8 Å². The molecule has 11 nitrogen and oxygen atoms in total. The van der Waals surface area contributed by atoms with Gasteiger partial charge in [-0.1, -0.05) is 11.3 Å². The topological polar surface area (TPSA) is 146 Å². The number of aryl methyl sites for hydroxylation is 1. The normalized spacial score (nSPS) is 20.4. The zero-order valence-electron chi connectivity index (χ0n) is 22.5. The number of aromatic nitrogens is 2.